The van der Waals surface area contributed by atoms with Crippen LogP contribution in [0.2, 0.25) is 0 Å². The third-order valence-corrected chi connectivity index (χ3v) is 3.61. The van der Waals surface area contributed by atoms with Crippen molar-refractivity contribution in [1.82, 2.24) is 4.90 Å². The van der Waals surface area contributed by atoms with Crippen LogP contribution >= 0.6 is 0 Å². The Morgan fingerprint density at radius 1 is 1.20 bits per heavy atom. The van der Waals surface area contributed by atoms with E-state index in [9.17, 15) is 18.4 Å². The fourth-order valence-corrected chi connectivity index (χ4v) is 2.32. The van der Waals surface area contributed by atoms with Crippen molar-refractivity contribution in [3.63, 3.8) is 0 Å². The summed E-state index contributed by atoms with van der Waals surface area (Å²) in [6.07, 6.45) is 0.700. The summed E-state index contributed by atoms with van der Waals surface area (Å²) in [6, 6.07) is 1.89. The van der Waals surface area contributed by atoms with Crippen molar-refractivity contribution in [3.8, 4) is 0 Å². The third-order valence-electron chi connectivity index (χ3n) is 3.61. The summed E-state index contributed by atoms with van der Waals surface area (Å²) in [4.78, 5) is 24.4. The number of carboxylic acids is 1. The van der Waals surface area contributed by atoms with Crippen LogP contribution in [-0.2, 0) is 4.79 Å². The fraction of sp³-hybridized carbons (Fsp3) is 0.429. The molecule has 0 unspecified atom stereocenters. The summed E-state index contributed by atoms with van der Waals surface area (Å²) >= 11 is 0. The van der Waals surface area contributed by atoms with Crippen molar-refractivity contribution in [2.24, 2.45) is 5.92 Å². The first-order chi connectivity index (χ1) is 9.40. The Balaban J connectivity index is 2.13. The van der Waals surface area contributed by atoms with E-state index in [2.05, 4.69) is 0 Å². The molecule has 20 heavy (non-hydrogen) atoms. The van der Waals surface area contributed by atoms with E-state index in [-0.39, 0.29) is 24.2 Å². The number of carbonyl (C=O) groups is 2. The van der Waals surface area contributed by atoms with Gasteiger partial charge in [0.2, 0.25) is 0 Å². The molecule has 0 spiro atoms. The van der Waals surface area contributed by atoms with E-state index in [0.29, 0.717) is 18.9 Å². The molecule has 1 amide bonds. The highest BCUT2D eigenvalue weighted by Gasteiger charge is 2.28. The van der Waals surface area contributed by atoms with Gasteiger partial charge in [-0.05, 0) is 31.4 Å². The number of hydrogen-bond acceptors (Lipinski definition) is 2. The van der Waals surface area contributed by atoms with Gasteiger partial charge in [0.1, 0.15) is 11.6 Å². The Hall–Kier alpha value is -1.98. The Kier molecular flexibility index (Phi) is 4.01. The van der Waals surface area contributed by atoms with Gasteiger partial charge in [-0.3, -0.25) is 9.59 Å². The number of likely N-dealkylation sites (tertiary alicyclic amines) is 1. The van der Waals surface area contributed by atoms with Crippen LogP contribution < -0.4 is 0 Å². The number of aliphatic carboxylic acids is 1. The van der Waals surface area contributed by atoms with Gasteiger partial charge in [0.15, 0.2) is 0 Å². The molecular weight excluding hydrogens is 268 g/mol. The molecule has 2 rings (SSSR count). The summed E-state index contributed by atoms with van der Waals surface area (Å²) in [6.45, 7) is 2.00. The van der Waals surface area contributed by atoms with Crippen molar-refractivity contribution in [2.75, 3.05) is 13.1 Å². The molecule has 0 aliphatic carbocycles. The number of carbonyl (C=O) groups excluding carboxylic acids is 1. The van der Waals surface area contributed by atoms with Gasteiger partial charge in [-0.1, -0.05) is 0 Å². The quantitative estimate of drug-likeness (QED) is 0.905. The molecule has 1 aromatic carbocycles. The topological polar surface area (TPSA) is 57.6 Å². The molecule has 6 heteroatoms. The van der Waals surface area contributed by atoms with E-state index in [4.69, 9.17) is 5.11 Å². The lowest BCUT2D eigenvalue weighted by Crippen LogP contribution is -2.40. The van der Waals surface area contributed by atoms with E-state index in [1.165, 1.54) is 17.9 Å². The summed E-state index contributed by atoms with van der Waals surface area (Å²) in [5.41, 5.74) is 0.0350. The lowest BCUT2D eigenvalue weighted by molar-refractivity contribution is -0.143. The highest BCUT2D eigenvalue weighted by Crippen LogP contribution is 2.21. The molecule has 0 radical (unpaired) electrons. The van der Waals surface area contributed by atoms with Crippen LogP contribution in [0.4, 0.5) is 8.78 Å². The minimum atomic E-state index is -0.890. The number of rotatable bonds is 2. The highest BCUT2D eigenvalue weighted by atomic mass is 19.1. The minimum absolute atomic E-state index is 0.169. The van der Waals surface area contributed by atoms with E-state index in [0.717, 1.165) is 0 Å². The molecule has 1 saturated heterocycles. The molecule has 1 fully saturated rings. The van der Waals surface area contributed by atoms with Crippen LogP contribution in [-0.4, -0.2) is 35.0 Å². The maximum atomic E-state index is 13.7. The SMILES string of the molecule is Cc1cc(C(=O)N2CCC(C(=O)O)CC2)c(F)cc1F. The van der Waals surface area contributed by atoms with Gasteiger partial charge in [-0.15, -0.1) is 0 Å². The number of nitrogens with zero attached hydrogens (tertiary/aromatic N) is 1. The average Bonchev–Trinajstić information content (AvgIpc) is 2.42. The first-order valence-corrected chi connectivity index (χ1v) is 6.38. The summed E-state index contributed by atoms with van der Waals surface area (Å²) in [5.74, 6) is -3.43. The zero-order chi connectivity index (χ0) is 14.9. The number of aryl methyl sites for hydroxylation is 1. The number of piperidine rings is 1. The summed E-state index contributed by atoms with van der Waals surface area (Å²) in [7, 11) is 0. The van der Waals surface area contributed by atoms with Crippen molar-refractivity contribution in [3.05, 3.63) is 34.9 Å². The normalized spacial score (nSPS) is 16.2. The molecule has 1 heterocycles. The van der Waals surface area contributed by atoms with Gasteiger partial charge < -0.3 is 10.0 Å². The molecule has 4 nitrogen and oxygen atoms in total. The van der Waals surface area contributed by atoms with E-state index < -0.39 is 29.4 Å². The maximum absolute atomic E-state index is 13.7. The van der Waals surface area contributed by atoms with Crippen LogP contribution in [0.5, 0.6) is 0 Å². The van der Waals surface area contributed by atoms with Gasteiger partial charge >= 0.3 is 5.97 Å². The van der Waals surface area contributed by atoms with Gasteiger partial charge in [-0.2, -0.15) is 0 Å². The molecule has 0 aromatic heterocycles. The molecule has 0 atom stereocenters. The second-order valence-corrected chi connectivity index (χ2v) is 4.99. The smallest absolute Gasteiger partial charge is 0.306 e. The van der Waals surface area contributed by atoms with Crippen molar-refractivity contribution >= 4 is 11.9 Å². The zero-order valence-electron chi connectivity index (χ0n) is 11.0. The monoisotopic (exact) mass is 283 g/mol. The predicted octanol–water partition coefficient (Wildman–Crippen LogP) is 2.21. The predicted molar refractivity (Wildman–Crippen MR) is 67.4 cm³/mol. The van der Waals surface area contributed by atoms with Gasteiger partial charge in [0.25, 0.3) is 5.91 Å². The molecule has 1 aromatic rings. The van der Waals surface area contributed by atoms with Crippen LogP contribution in [0.3, 0.4) is 0 Å². The minimum Gasteiger partial charge on any atom is -0.481 e. The van der Waals surface area contributed by atoms with Crippen molar-refractivity contribution in [1.29, 1.82) is 0 Å². The largest absolute Gasteiger partial charge is 0.481 e. The molecule has 1 aliphatic rings. The summed E-state index contributed by atoms with van der Waals surface area (Å²) in [5, 5.41) is 8.89. The van der Waals surface area contributed by atoms with Crippen molar-refractivity contribution < 1.29 is 23.5 Å². The number of carboxylic acid groups (broad SMARTS) is 1. The first-order valence-electron chi connectivity index (χ1n) is 6.38. The molecule has 1 N–H and O–H groups in total. The van der Waals surface area contributed by atoms with Crippen LogP contribution in [0.1, 0.15) is 28.8 Å². The standard InChI is InChI=1S/C14H15F2NO3/c1-8-6-10(12(16)7-11(8)15)13(18)17-4-2-9(3-5-17)14(19)20/h6-7,9H,2-5H2,1H3,(H,19,20). The third kappa shape index (κ3) is 2.79. The number of benzene rings is 1. The van der Waals surface area contributed by atoms with Crippen LogP contribution in [0, 0.1) is 24.5 Å². The molecule has 108 valence electrons. The lowest BCUT2D eigenvalue weighted by Gasteiger charge is -2.30. The van der Waals surface area contributed by atoms with E-state index in [1.54, 1.807) is 0 Å². The molecular formula is C14H15F2NO3. The maximum Gasteiger partial charge on any atom is 0.306 e. The lowest BCUT2D eigenvalue weighted by atomic mass is 9.96. The summed E-state index contributed by atoms with van der Waals surface area (Å²) < 4.78 is 26.8. The zero-order valence-corrected chi connectivity index (χ0v) is 11.0. The Labute approximate surface area is 115 Å². The van der Waals surface area contributed by atoms with Gasteiger partial charge in [0, 0.05) is 19.2 Å². The van der Waals surface area contributed by atoms with Crippen LogP contribution in [0.15, 0.2) is 12.1 Å². The Bertz CT molecular complexity index is 552. The average molecular weight is 283 g/mol. The van der Waals surface area contributed by atoms with Gasteiger partial charge in [-0.25, -0.2) is 8.78 Å². The highest BCUT2D eigenvalue weighted by molar-refractivity contribution is 5.94. The molecule has 0 bridgehead atoms. The van der Waals surface area contributed by atoms with Crippen molar-refractivity contribution in [2.45, 2.75) is 19.8 Å². The Morgan fingerprint density at radius 3 is 2.35 bits per heavy atom. The second-order valence-electron chi connectivity index (χ2n) is 4.99. The van der Waals surface area contributed by atoms with E-state index in [1.807, 2.05) is 0 Å². The second kappa shape index (κ2) is 5.56. The number of hydrogen-bond donors (Lipinski definition) is 1. The number of amides is 1. The Morgan fingerprint density at radius 2 is 1.80 bits per heavy atom. The first kappa shape index (κ1) is 14.4. The molecule has 0 saturated carbocycles. The van der Waals surface area contributed by atoms with Gasteiger partial charge in [0.05, 0.1) is 11.5 Å². The number of halogens is 2. The van der Waals surface area contributed by atoms with E-state index >= 15 is 0 Å². The molecule has 1 aliphatic heterocycles. The fourth-order valence-electron chi connectivity index (χ4n) is 2.32. The van der Waals surface area contributed by atoms with Crippen LogP contribution in [0.25, 0.3) is 0 Å².